The lowest BCUT2D eigenvalue weighted by atomic mass is 10.0. The Bertz CT molecular complexity index is 769. The van der Waals surface area contributed by atoms with E-state index in [1.165, 1.54) is 6.07 Å². The number of anilines is 1. The summed E-state index contributed by atoms with van der Waals surface area (Å²) in [4.78, 5) is 6.52. The highest BCUT2D eigenvalue weighted by molar-refractivity contribution is 14.0. The van der Waals surface area contributed by atoms with Crippen LogP contribution in [0.3, 0.4) is 0 Å². The van der Waals surface area contributed by atoms with E-state index in [-0.39, 0.29) is 29.8 Å². The molecule has 0 saturated carbocycles. The molecule has 1 aliphatic rings. The van der Waals surface area contributed by atoms with Crippen LogP contribution in [0.2, 0.25) is 0 Å². The molecule has 148 valence electrons. The lowest BCUT2D eigenvalue weighted by Gasteiger charge is -2.34. The molecular formula is C18H27FIN7. The summed E-state index contributed by atoms with van der Waals surface area (Å²) in [7, 11) is 3.71. The number of nitrogens with zero attached hydrogens (tertiary/aromatic N) is 5. The molecule has 0 amide bonds. The van der Waals surface area contributed by atoms with Gasteiger partial charge in [-0.05, 0) is 38.0 Å². The van der Waals surface area contributed by atoms with Gasteiger partial charge in [0.1, 0.15) is 11.6 Å². The van der Waals surface area contributed by atoms with Gasteiger partial charge in [0.25, 0.3) is 0 Å². The van der Waals surface area contributed by atoms with Crippen LogP contribution in [0.1, 0.15) is 24.5 Å². The molecule has 0 aliphatic carbocycles. The molecule has 0 unspecified atom stereocenters. The molecule has 0 radical (unpaired) electrons. The fraction of sp³-hybridized carbons (Fsp3) is 0.500. The highest BCUT2D eigenvalue weighted by Gasteiger charge is 2.20. The summed E-state index contributed by atoms with van der Waals surface area (Å²) < 4.78 is 15.4. The van der Waals surface area contributed by atoms with E-state index < -0.39 is 0 Å². The average Bonchev–Trinajstić information content (AvgIpc) is 2.97. The molecule has 7 nitrogen and oxygen atoms in total. The van der Waals surface area contributed by atoms with Crippen molar-refractivity contribution in [2.24, 2.45) is 12.0 Å². The van der Waals surface area contributed by atoms with Gasteiger partial charge in [0.15, 0.2) is 11.8 Å². The molecule has 2 N–H and O–H groups in total. The fourth-order valence-electron chi connectivity index (χ4n) is 3.11. The van der Waals surface area contributed by atoms with Gasteiger partial charge in [-0.15, -0.1) is 34.2 Å². The largest absolute Gasteiger partial charge is 0.371 e. The Hall–Kier alpha value is -1.91. The number of hydrogen-bond acceptors (Lipinski definition) is 4. The molecule has 2 aromatic rings. The first-order chi connectivity index (χ1) is 12.6. The van der Waals surface area contributed by atoms with Crippen molar-refractivity contribution in [3.63, 3.8) is 0 Å². The number of benzene rings is 1. The summed E-state index contributed by atoms with van der Waals surface area (Å²) in [6.07, 6.45) is 1.95. The molecule has 0 atom stereocenters. The second-order valence-corrected chi connectivity index (χ2v) is 6.53. The summed E-state index contributed by atoms with van der Waals surface area (Å²) in [6, 6.07) is 7.13. The zero-order valence-corrected chi connectivity index (χ0v) is 18.3. The number of halogens is 2. The molecule has 1 aliphatic heterocycles. The fourth-order valence-corrected chi connectivity index (χ4v) is 3.11. The van der Waals surface area contributed by atoms with Crippen molar-refractivity contribution in [2.45, 2.75) is 32.4 Å². The third kappa shape index (κ3) is 5.53. The van der Waals surface area contributed by atoms with Crippen molar-refractivity contribution < 1.29 is 4.39 Å². The Kier molecular flexibility index (Phi) is 7.81. The van der Waals surface area contributed by atoms with Gasteiger partial charge in [-0.2, -0.15) is 0 Å². The number of nitrogens with one attached hydrogen (secondary N) is 2. The molecule has 0 spiro atoms. The highest BCUT2D eigenvalue weighted by atomic mass is 127. The molecule has 2 heterocycles. The predicted molar refractivity (Wildman–Crippen MR) is 116 cm³/mol. The topological polar surface area (TPSA) is 70.4 Å². The van der Waals surface area contributed by atoms with Gasteiger partial charge in [0.2, 0.25) is 0 Å². The first-order valence-electron chi connectivity index (χ1n) is 8.89. The van der Waals surface area contributed by atoms with Crippen LogP contribution in [0.5, 0.6) is 0 Å². The average molecular weight is 487 g/mol. The Morgan fingerprint density at radius 3 is 2.63 bits per heavy atom. The van der Waals surface area contributed by atoms with E-state index in [1.54, 1.807) is 19.2 Å². The minimum Gasteiger partial charge on any atom is -0.371 e. The Morgan fingerprint density at radius 1 is 1.30 bits per heavy atom. The maximum Gasteiger partial charge on any atom is 0.191 e. The van der Waals surface area contributed by atoms with Gasteiger partial charge in [-0.3, -0.25) is 4.99 Å². The Morgan fingerprint density at radius 2 is 2.04 bits per heavy atom. The van der Waals surface area contributed by atoms with Gasteiger partial charge in [0, 0.05) is 38.9 Å². The summed E-state index contributed by atoms with van der Waals surface area (Å²) >= 11 is 0. The van der Waals surface area contributed by atoms with E-state index in [0.29, 0.717) is 12.6 Å². The van der Waals surface area contributed by atoms with Crippen LogP contribution >= 0.6 is 24.0 Å². The predicted octanol–water partition coefficient (Wildman–Crippen LogP) is 2.21. The number of rotatable bonds is 4. The Labute approximate surface area is 176 Å². The number of guanidine groups is 1. The van der Waals surface area contributed by atoms with Crippen molar-refractivity contribution >= 4 is 35.6 Å². The highest BCUT2D eigenvalue weighted by Crippen LogP contribution is 2.20. The van der Waals surface area contributed by atoms with Crippen LogP contribution in [0, 0.1) is 12.7 Å². The molecule has 9 heteroatoms. The number of aromatic nitrogens is 3. The smallest absolute Gasteiger partial charge is 0.191 e. The number of piperidine rings is 1. The van der Waals surface area contributed by atoms with Crippen molar-refractivity contribution in [3.05, 3.63) is 41.7 Å². The standard InChI is InChI=1S/C18H26FN7.HI/c1-13-23-24-17(25(13)3)12-21-18(20-2)22-15-7-9-26(10-8-15)16-6-4-5-14(19)11-16;/h4-6,11,15H,7-10,12H2,1-3H3,(H2,20,21,22);1H. The van der Waals surface area contributed by atoms with E-state index in [2.05, 4.69) is 30.7 Å². The van der Waals surface area contributed by atoms with E-state index in [9.17, 15) is 4.39 Å². The molecule has 1 aromatic carbocycles. The van der Waals surface area contributed by atoms with Gasteiger partial charge in [-0.25, -0.2) is 4.39 Å². The monoisotopic (exact) mass is 487 g/mol. The van der Waals surface area contributed by atoms with Crippen LogP contribution in [-0.4, -0.2) is 46.9 Å². The summed E-state index contributed by atoms with van der Waals surface area (Å²) in [6.45, 7) is 4.27. The zero-order valence-electron chi connectivity index (χ0n) is 15.9. The van der Waals surface area contributed by atoms with Gasteiger partial charge in [0.05, 0.1) is 6.54 Å². The van der Waals surface area contributed by atoms with E-state index in [1.807, 2.05) is 24.6 Å². The minimum atomic E-state index is -0.189. The van der Waals surface area contributed by atoms with Gasteiger partial charge < -0.3 is 20.1 Å². The van der Waals surface area contributed by atoms with Gasteiger partial charge in [-0.1, -0.05) is 6.07 Å². The lowest BCUT2D eigenvalue weighted by Crippen LogP contribution is -2.48. The van der Waals surface area contributed by atoms with Crippen LogP contribution in [-0.2, 0) is 13.6 Å². The van der Waals surface area contributed by atoms with Crippen LogP contribution in [0.15, 0.2) is 29.3 Å². The summed E-state index contributed by atoms with van der Waals surface area (Å²) in [5.74, 6) is 2.32. The molecule has 27 heavy (non-hydrogen) atoms. The molecule has 0 bridgehead atoms. The number of hydrogen-bond donors (Lipinski definition) is 2. The molecule has 1 fully saturated rings. The maximum atomic E-state index is 13.4. The van der Waals surface area contributed by atoms with Crippen molar-refractivity contribution in [3.8, 4) is 0 Å². The lowest BCUT2D eigenvalue weighted by molar-refractivity contribution is 0.460. The molecule has 1 saturated heterocycles. The number of aliphatic imine (C=N–C) groups is 1. The summed E-state index contributed by atoms with van der Waals surface area (Å²) in [5.41, 5.74) is 0.948. The Balaban J connectivity index is 0.00000261. The van der Waals surface area contributed by atoms with E-state index in [0.717, 1.165) is 49.2 Å². The van der Waals surface area contributed by atoms with Crippen LogP contribution < -0.4 is 15.5 Å². The maximum absolute atomic E-state index is 13.4. The second-order valence-electron chi connectivity index (χ2n) is 6.53. The minimum absolute atomic E-state index is 0. The molecule has 3 rings (SSSR count). The van der Waals surface area contributed by atoms with Crippen LogP contribution in [0.4, 0.5) is 10.1 Å². The summed E-state index contributed by atoms with van der Waals surface area (Å²) in [5, 5.41) is 15.0. The van der Waals surface area contributed by atoms with Crippen LogP contribution in [0.25, 0.3) is 0 Å². The molecular weight excluding hydrogens is 460 g/mol. The second kappa shape index (κ2) is 9.86. The van der Waals surface area contributed by atoms with Crippen molar-refractivity contribution in [2.75, 3.05) is 25.0 Å². The van der Waals surface area contributed by atoms with Gasteiger partial charge >= 0.3 is 0 Å². The first kappa shape index (κ1) is 21.4. The van der Waals surface area contributed by atoms with Crippen molar-refractivity contribution in [1.29, 1.82) is 0 Å². The van der Waals surface area contributed by atoms with E-state index in [4.69, 9.17) is 0 Å². The normalized spacial score (nSPS) is 15.4. The third-order valence-corrected chi connectivity index (χ3v) is 4.83. The third-order valence-electron chi connectivity index (χ3n) is 4.83. The zero-order chi connectivity index (χ0) is 18.5. The molecule has 1 aromatic heterocycles. The quantitative estimate of drug-likeness (QED) is 0.393. The van der Waals surface area contributed by atoms with E-state index >= 15 is 0 Å². The number of aryl methyl sites for hydroxylation is 1. The van der Waals surface area contributed by atoms with Crippen molar-refractivity contribution in [1.82, 2.24) is 25.4 Å². The SMILES string of the molecule is CN=C(NCc1nnc(C)n1C)NC1CCN(c2cccc(F)c2)CC1.I. The first-order valence-corrected chi connectivity index (χ1v) is 8.89.